The summed E-state index contributed by atoms with van der Waals surface area (Å²) in [6.07, 6.45) is 3.35. The Kier molecular flexibility index (Phi) is 4.90. The Morgan fingerprint density at radius 2 is 2.10 bits per heavy atom. The van der Waals surface area contributed by atoms with Crippen molar-refractivity contribution < 1.29 is 13.2 Å². The summed E-state index contributed by atoms with van der Waals surface area (Å²) in [4.78, 5) is 14.2. The van der Waals surface area contributed by atoms with Crippen molar-refractivity contribution >= 4 is 31.7 Å². The maximum Gasteiger partial charge on any atom is 0.270 e. The van der Waals surface area contributed by atoms with Crippen molar-refractivity contribution in [2.75, 3.05) is 24.6 Å². The molecule has 0 N–H and O–H groups in total. The summed E-state index contributed by atoms with van der Waals surface area (Å²) in [5.74, 6) is 0.159. The summed E-state index contributed by atoms with van der Waals surface area (Å²) in [5, 5.41) is 0. The molecule has 2 rings (SSSR count). The quantitative estimate of drug-likeness (QED) is 0.825. The lowest BCUT2D eigenvalue weighted by Crippen LogP contribution is -2.34. The number of hydrogen-bond acceptors (Lipinski definition) is 3. The van der Waals surface area contributed by atoms with Crippen molar-refractivity contribution in [3.8, 4) is 0 Å². The van der Waals surface area contributed by atoms with Crippen LogP contribution in [0.4, 0.5) is 0 Å². The van der Waals surface area contributed by atoms with Gasteiger partial charge in [-0.05, 0) is 34.8 Å². The predicted molar refractivity (Wildman–Crippen MR) is 81.6 cm³/mol. The molecular formula is C13H19BrN2O3S. The fourth-order valence-electron chi connectivity index (χ4n) is 2.38. The van der Waals surface area contributed by atoms with Crippen LogP contribution in [-0.4, -0.2) is 48.4 Å². The summed E-state index contributed by atoms with van der Waals surface area (Å²) in [6, 6.07) is 1.80. The van der Waals surface area contributed by atoms with Crippen molar-refractivity contribution in [2.45, 2.75) is 26.3 Å². The molecular weight excluding hydrogens is 344 g/mol. The van der Waals surface area contributed by atoms with Crippen molar-refractivity contribution in [2.24, 2.45) is 0 Å². The van der Waals surface area contributed by atoms with Gasteiger partial charge in [-0.1, -0.05) is 6.92 Å². The molecule has 1 aromatic rings. The molecule has 20 heavy (non-hydrogen) atoms. The fraction of sp³-hybridized carbons (Fsp3) is 0.615. The Morgan fingerprint density at radius 3 is 2.80 bits per heavy atom. The van der Waals surface area contributed by atoms with Gasteiger partial charge in [-0.2, -0.15) is 0 Å². The highest BCUT2D eigenvalue weighted by Crippen LogP contribution is 2.18. The minimum Gasteiger partial charge on any atom is -0.342 e. The highest BCUT2D eigenvalue weighted by Gasteiger charge is 2.25. The summed E-state index contributed by atoms with van der Waals surface area (Å²) in [5.41, 5.74) is 0.623. The zero-order valence-corrected chi connectivity index (χ0v) is 13.9. The van der Waals surface area contributed by atoms with Crippen molar-refractivity contribution in [1.29, 1.82) is 0 Å². The Hall–Kier alpha value is -0.820. The maximum absolute atomic E-state index is 12.6. The molecule has 0 spiro atoms. The molecule has 0 unspecified atom stereocenters. The van der Waals surface area contributed by atoms with Gasteiger partial charge in [-0.15, -0.1) is 0 Å². The highest BCUT2D eigenvalue weighted by molar-refractivity contribution is 9.10. The van der Waals surface area contributed by atoms with Crippen molar-refractivity contribution in [3.63, 3.8) is 0 Å². The molecule has 2 heterocycles. The normalized spacial score (nSPS) is 18.8. The third-order valence-electron chi connectivity index (χ3n) is 3.39. The zero-order chi connectivity index (χ0) is 14.8. The van der Waals surface area contributed by atoms with Crippen LogP contribution in [0, 0.1) is 0 Å². The van der Waals surface area contributed by atoms with E-state index in [4.69, 9.17) is 0 Å². The van der Waals surface area contributed by atoms with Crippen LogP contribution in [0.1, 0.15) is 30.3 Å². The van der Waals surface area contributed by atoms with Crippen LogP contribution in [0.15, 0.2) is 16.7 Å². The maximum atomic E-state index is 12.6. The van der Waals surface area contributed by atoms with Gasteiger partial charge in [0.15, 0.2) is 9.84 Å². The molecule has 5 nitrogen and oxygen atoms in total. The summed E-state index contributed by atoms with van der Waals surface area (Å²) >= 11 is 3.39. The molecule has 1 aliphatic rings. The van der Waals surface area contributed by atoms with E-state index in [-0.39, 0.29) is 24.0 Å². The number of carbonyl (C=O) groups is 1. The lowest BCUT2D eigenvalue weighted by atomic mass is 10.3. The summed E-state index contributed by atoms with van der Waals surface area (Å²) < 4.78 is 26.0. The average molecular weight is 363 g/mol. The van der Waals surface area contributed by atoms with Crippen LogP contribution < -0.4 is 0 Å². The standard InChI is InChI=1S/C13H19BrN2O3S/c1-2-4-16-10-11(14)9-12(16)13(17)15-5-3-7-20(18,19)8-6-15/h9-10H,2-8H2,1H3. The Labute approximate surface area is 128 Å². The fourth-order valence-corrected chi connectivity index (χ4v) is 4.12. The van der Waals surface area contributed by atoms with Crippen molar-refractivity contribution in [1.82, 2.24) is 9.47 Å². The Morgan fingerprint density at radius 1 is 1.35 bits per heavy atom. The van der Waals surface area contributed by atoms with E-state index in [9.17, 15) is 13.2 Å². The second-order valence-electron chi connectivity index (χ2n) is 5.03. The first-order chi connectivity index (χ1) is 9.43. The first-order valence-electron chi connectivity index (χ1n) is 6.78. The van der Waals surface area contributed by atoms with Gasteiger partial charge in [-0.3, -0.25) is 4.79 Å². The second-order valence-corrected chi connectivity index (χ2v) is 8.25. The van der Waals surface area contributed by atoms with E-state index >= 15 is 0 Å². The third kappa shape index (κ3) is 3.63. The lowest BCUT2D eigenvalue weighted by molar-refractivity contribution is 0.0757. The van der Waals surface area contributed by atoms with Gasteiger partial charge in [-0.25, -0.2) is 8.42 Å². The van der Waals surface area contributed by atoms with E-state index in [0.29, 0.717) is 18.7 Å². The van der Waals surface area contributed by atoms with Gasteiger partial charge in [0.1, 0.15) is 5.69 Å². The largest absolute Gasteiger partial charge is 0.342 e. The van der Waals surface area contributed by atoms with Gasteiger partial charge < -0.3 is 9.47 Å². The van der Waals surface area contributed by atoms with E-state index in [1.165, 1.54) is 0 Å². The van der Waals surface area contributed by atoms with Gasteiger partial charge in [0.25, 0.3) is 5.91 Å². The molecule has 1 fully saturated rings. The number of carbonyl (C=O) groups excluding carboxylic acids is 1. The second kappa shape index (κ2) is 6.30. The van der Waals surface area contributed by atoms with Gasteiger partial charge in [0.2, 0.25) is 0 Å². The zero-order valence-electron chi connectivity index (χ0n) is 11.5. The molecule has 1 aliphatic heterocycles. The number of halogens is 1. The number of rotatable bonds is 3. The molecule has 0 atom stereocenters. The van der Waals surface area contributed by atoms with Crippen LogP contribution >= 0.6 is 15.9 Å². The molecule has 0 aromatic carbocycles. The van der Waals surface area contributed by atoms with E-state index in [2.05, 4.69) is 22.9 Å². The van der Waals surface area contributed by atoms with Crippen LogP contribution in [-0.2, 0) is 16.4 Å². The van der Waals surface area contributed by atoms with Gasteiger partial charge >= 0.3 is 0 Å². The van der Waals surface area contributed by atoms with Crippen LogP contribution in [0.2, 0.25) is 0 Å². The molecule has 7 heteroatoms. The van der Waals surface area contributed by atoms with Crippen LogP contribution in [0.5, 0.6) is 0 Å². The number of sulfone groups is 1. The van der Waals surface area contributed by atoms with E-state index in [0.717, 1.165) is 17.4 Å². The molecule has 0 bridgehead atoms. The molecule has 1 saturated heterocycles. The van der Waals surface area contributed by atoms with Gasteiger partial charge in [0, 0.05) is 30.3 Å². The van der Waals surface area contributed by atoms with E-state index in [1.807, 2.05) is 10.8 Å². The summed E-state index contributed by atoms with van der Waals surface area (Å²) in [6.45, 7) is 3.63. The number of amides is 1. The first kappa shape index (κ1) is 15.6. The van der Waals surface area contributed by atoms with Crippen LogP contribution in [0.25, 0.3) is 0 Å². The molecule has 0 radical (unpaired) electrons. The molecule has 112 valence electrons. The minimum absolute atomic E-state index is 0.0639. The minimum atomic E-state index is -2.99. The highest BCUT2D eigenvalue weighted by atomic mass is 79.9. The molecule has 1 aromatic heterocycles. The molecule has 0 saturated carbocycles. The lowest BCUT2D eigenvalue weighted by Gasteiger charge is -2.20. The van der Waals surface area contributed by atoms with Crippen LogP contribution in [0.3, 0.4) is 0 Å². The summed E-state index contributed by atoms with van der Waals surface area (Å²) in [7, 11) is -2.99. The topological polar surface area (TPSA) is 59.4 Å². The average Bonchev–Trinajstić information content (AvgIpc) is 2.63. The van der Waals surface area contributed by atoms with E-state index in [1.54, 1.807) is 11.0 Å². The predicted octanol–water partition coefficient (Wildman–Crippen LogP) is 1.92. The van der Waals surface area contributed by atoms with E-state index < -0.39 is 9.84 Å². The number of nitrogens with zero attached hydrogens (tertiary/aromatic N) is 2. The van der Waals surface area contributed by atoms with Crippen molar-refractivity contribution in [3.05, 3.63) is 22.4 Å². The smallest absolute Gasteiger partial charge is 0.270 e. The SMILES string of the molecule is CCCn1cc(Br)cc1C(=O)N1CCCS(=O)(=O)CC1. The Bertz CT molecular complexity index is 595. The van der Waals surface area contributed by atoms with Gasteiger partial charge in [0.05, 0.1) is 11.5 Å². The molecule has 0 aliphatic carbocycles. The first-order valence-corrected chi connectivity index (χ1v) is 9.40. The monoisotopic (exact) mass is 362 g/mol. The number of hydrogen-bond donors (Lipinski definition) is 0. The number of aryl methyl sites for hydroxylation is 1. The third-order valence-corrected chi connectivity index (χ3v) is 5.54. The molecule has 1 amide bonds. The Balaban J connectivity index is 2.18. The number of aromatic nitrogens is 1.